The number of nitrogens with one attached hydrogen (secondary N) is 1. The Kier molecular flexibility index (Phi) is 5.68. The van der Waals surface area contributed by atoms with Gasteiger partial charge >= 0.3 is 0 Å². The molecule has 0 spiro atoms. The molecule has 0 amide bonds. The molecule has 26 heavy (non-hydrogen) atoms. The largest absolute Gasteiger partial charge is 0.396 e. The number of nitrogens with two attached hydrogens (primary N) is 1. The van der Waals surface area contributed by atoms with Gasteiger partial charge < -0.3 is 15.7 Å². The number of hydrogen-bond acceptors (Lipinski definition) is 5. The SMILES string of the molecule is Cc1cn[nH]c(=O)c1C(N)=Nc1ccc(N2CCCC(CCO)C2)cc1. The van der Waals surface area contributed by atoms with Crippen molar-refractivity contribution in [2.24, 2.45) is 16.6 Å². The number of nitrogens with zero attached hydrogens (tertiary/aromatic N) is 3. The second-order valence-electron chi connectivity index (χ2n) is 6.74. The third kappa shape index (κ3) is 4.11. The molecule has 1 aromatic carbocycles. The van der Waals surface area contributed by atoms with Crippen LogP contribution in [-0.2, 0) is 0 Å². The van der Waals surface area contributed by atoms with Crippen molar-refractivity contribution >= 4 is 17.2 Å². The van der Waals surface area contributed by atoms with Crippen LogP contribution in [0.4, 0.5) is 11.4 Å². The van der Waals surface area contributed by atoms with Gasteiger partial charge in [0.05, 0.1) is 17.4 Å². The van der Waals surface area contributed by atoms with Crippen molar-refractivity contribution in [3.63, 3.8) is 0 Å². The summed E-state index contributed by atoms with van der Waals surface area (Å²) in [6.07, 6.45) is 4.73. The molecule has 1 atom stereocenters. The van der Waals surface area contributed by atoms with Crippen LogP contribution in [0.5, 0.6) is 0 Å². The first-order valence-corrected chi connectivity index (χ1v) is 8.93. The number of aryl methyl sites for hydroxylation is 1. The lowest BCUT2D eigenvalue weighted by atomic mass is 9.95. The number of rotatable bonds is 5. The number of aliphatic hydroxyl groups is 1. The maximum absolute atomic E-state index is 11.9. The fourth-order valence-corrected chi connectivity index (χ4v) is 3.46. The molecule has 2 heterocycles. The molecule has 0 radical (unpaired) electrons. The molecule has 1 aliphatic heterocycles. The number of aromatic nitrogens is 2. The van der Waals surface area contributed by atoms with Crippen LogP contribution in [0.3, 0.4) is 0 Å². The van der Waals surface area contributed by atoms with Crippen molar-refractivity contribution in [1.29, 1.82) is 0 Å². The maximum Gasteiger partial charge on any atom is 0.275 e. The predicted molar refractivity (Wildman–Crippen MR) is 103 cm³/mol. The van der Waals surface area contributed by atoms with Crippen LogP contribution in [0, 0.1) is 12.8 Å². The van der Waals surface area contributed by atoms with Gasteiger partial charge in [-0.3, -0.25) is 4.79 Å². The lowest BCUT2D eigenvalue weighted by Crippen LogP contribution is -2.35. The Bertz CT molecular complexity index is 827. The van der Waals surface area contributed by atoms with Crippen LogP contribution in [0.2, 0.25) is 0 Å². The van der Waals surface area contributed by atoms with Crippen molar-refractivity contribution in [3.8, 4) is 0 Å². The molecule has 0 bridgehead atoms. The van der Waals surface area contributed by atoms with Gasteiger partial charge in [0, 0.05) is 25.4 Å². The molecule has 1 fully saturated rings. The van der Waals surface area contributed by atoms with Crippen LogP contribution in [-0.4, -0.2) is 40.8 Å². The third-order valence-corrected chi connectivity index (χ3v) is 4.82. The number of amidine groups is 1. The summed E-state index contributed by atoms with van der Waals surface area (Å²) in [5.74, 6) is 0.725. The minimum Gasteiger partial charge on any atom is -0.396 e. The topological polar surface area (TPSA) is 108 Å². The summed E-state index contributed by atoms with van der Waals surface area (Å²) in [7, 11) is 0. The van der Waals surface area contributed by atoms with Crippen LogP contribution < -0.4 is 16.2 Å². The van der Waals surface area contributed by atoms with E-state index >= 15 is 0 Å². The van der Waals surface area contributed by atoms with E-state index in [-0.39, 0.29) is 18.0 Å². The summed E-state index contributed by atoms with van der Waals surface area (Å²) < 4.78 is 0. The Morgan fingerprint density at radius 2 is 2.19 bits per heavy atom. The van der Waals surface area contributed by atoms with Crippen LogP contribution in [0.25, 0.3) is 0 Å². The number of aliphatic hydroxyl groups excluding tert-OH is 1. The molecule has 7 heteroatoms. The van der Waals surface area contributed by atoms with Gasteiger partial charge in [0.25, 0.3) is 5.56 Å². The maximum atomic E-state index is 11.9. The van der Waals surface area contributed by atoms with E-state index in [1.807, 2.05) is 24.3 Å². The quantitative estimate of drug-likeness (QED) is 0.559. The Labute approximate surface area is 152 Å². The number of aliphatic imine (C=N–C) groups is 1. The highest BCUT2D eigenvalue weighted by Crippen LogP contribution is 2.26. The number of benzene rings is 1. The van der Waals surface area contributed by atoms with Crippen LogP contribution in [0.1, 0.15) is 30.4 Å². The standard InChI is InChI=1S/C19H25N5O2/c1-13-11-21-23-19(26)17(13)18(20)22-15-4-6-16(7-5-15)24-9-2-3-14(12-24)8-10-25/h4-7,11,14,25H,2-3,8-10,12H2,1H3,(H2,20,22)(H,23,26). The average molecular weight is 355 g/mol. The number of piperidine rings is 1. The zero-order valence-electron chi connectivity index (χ0n) is 15.0. The van der Waals surface area contributed by atoms with E-state index in [1.165, 1.54) is 6.42 Å². The number of anilines is 1. The summed E-state index contributed by atoms with van der Waals surface area (Å²) in [5.41, 5.74) is 8.57. The summed E-state index contributed by atoms with van der Waals surface area (Å²) in [6, 6.07) is 7.86. The molecule has 1 aliphatic rings. The molecule has 138 valence electrons. The number of hydrogen-bond donors (Lipinski definition) is 3. The summed E-state index contributed by atoms with van der Waals surface area (Å²) in [6.45, 7) is 4.02. The zero-order valence-corrected chi connectivity index (χ0v) is 15.0. The summed E-state index contributed by atoms with van der Waals surface area (Å²) in [4.78, 5) is 18.6. The Balaban J connectivity index is 1.76. The molecular formula is C19H25N5O2. The van der Waals surface area contributed by atoms with E-state index in [2.05, 4.69) is 20.1 Å². The second-order valence-corrected chi connectivity index (χ2v) is 6.74. The highest BCUT2D eigenvalue weighted by Gasteiger charge is 2.19. The van der Waals surface area contributed by atoms with Gasteiger partial charge in [0.15, 0.2) is 0 Å². The molecule has 3 rings (SSSR count). The monoisotopic (exact) mass is 355 g/mol. The predicted octanol–water partition coefficient (Wildman–Crippen LogP) is 1.71. The Morgan fingerprint density at radius 1 is 1.42 bits per heavy atom. The molecule has 1 saturated heterocycles. The van der Waals surface area contributed by atoms with E-state index in [0.29, 0.717) is 22.7 Å². The van der Waals surface area contributed by atoms with Gasteiger partial charge in [-0.1, -0.05) is 0 Å². The third-order valence-electron chi connectivity index (χ3n) is 4.82. The molecule has 0 saturated carbocycles. The fourth-order valence-electron chi connectivity index (χ4n) is 3.46. The molecular weight excluding hydrogens is 330 g/mol. The van der Waals surface area contributed by atoms with Crippen LogP contribution in [0.15, 0.2) is 40.2 Å². The van der Waals surface area contributed by atoms with Crippen molar-refractivity contribution in [2.75, 3.05) is 24.6 Å². The summed E-state index contributed by atoms with van der Waals surface area (Å²) >= 11 is 0. The first-order valence-electron chi connectivity index (χ1n) is 8.93. The molecule has 1 aromatic heterocycles. The highest BCUT2D eigenvalue weighted by molar-refractivity contribution is 5.99. The van der Waals surface area contributed by atoms with E-state index in [9.17, 15) is 4.79 Å². The minimum absolute atomic E-state index is 0.180. The van der Waals surface area contributed by atoms with Crippen LogP contribution >= 0.6 is 0 Å². The number of aromatic amines is 1. The zero-order chi connectivity index (χ0) is 18.5. The Hall–Kier alpha value is -2.67. The van der Waals surface area contributed by atoms with Gasteiger partial charge in [-0.2, -0.15) is 5.10 Å². The molecule has 7 nitrogen and oxygen atoms in total. The van der Waals surface area contributed by atoms with E-state index in [0.717, 1.165) is 31.6 Å². The first kappa shape index (κ1) is 18.1. The van der Waals surface area contributed by atoms with Gasteiger partial charge in [-0.05, 0) is 61.9 Å². The molecule has 4 N–H and O–H groups in total. The van der Waals surface area contributed by atoms with E-state index in [4.69, 9.17) is 10.8 Å². The average Bonchev–Trinajstić information content (AvgIpc) is 2.63. The first-order chi connectivity index (χ1) is 12.6. The molecule has 2 aromatic rings. The van der Waals surface area contributed by atoms with Gasteiger partial charge in [0.1, 0.15) is 5.84 Å². The normalized spacial score (nSPS) is 18.2. The van der Waals surface area contributed by atoms with E-state index in [1.54, 1.807) is 13.1 Å². The molecule has 0 aliphatic carbocycles. The summed E-state index contributed by atoms with van der Waals surface area (Å²) in [5, 5.41) is 15.3. The van der Waals surface area contributed by atoms with E-state index < -0.39 is 0 Å². The second kappa shape index (κ2) is 8.14. The fraction of sp³-hybridized carbons (Fsp3) is 0.421. The van der Waals surface area contributed by atoms with Crippen molar-refractivity contribution in [1.82, 2.24) is 10.2 Å². The van der Waals surface area contributed by atoms with Crippen molar-refractivity contribution in [2.45, 2.75) is 26.2 Å². The Morgan fingerprint density at radius 3 is 2.88 bits per heavy atom. The number of H-pyrrole nitrogens is 1. The smallest absolute Gasteiger partial charge is 0.275 e. The van der Waals surface area contributed by atoms with Gasteiger partial charge in [-0.25, -0.2) is 10.1 Å². The lowest BCUT2D eigenvalue weighted by molar-refractivity contribution is 0.244. The minimum atomic E-state index is -0.342. The van der Waals surface area contributed by atoms with Gasteiger partial charge in [-0.15, -0.1) is 0 Å². The van der Waals surface area contributed by atoms with Crippen molar-refractivity contribution < 1.29 is 5.11 Å². The van der Waals surface area contributed by atoms with Gasteiger partial charge in [0.2, 0.25) is 0 Å². The molecule has 1 unspecified atom stereocenters. The van der Waals surface area contributed by atoms with Crippen molar-refractivity contribution in [3.05, 3.63) is 51.9 Å². The highest BCUT2D eigenvalue weighted by atomic mass is 16.3. The lowest BCUT2D eigenvalue weighted by Gasteiger charge is -2.34.